The summed E-state index contributed by atoms with van der Waals surface area (Å²) in [6.07, 6.45) is 1.62. The van der Waals surface area contributed by atoms with E-state index in [9.17, 15) is 13.2 Å². The Kier molecular flexibility index (Phi) is 6.07. The molecule has 1 amide bonds. The largest absolute Gasteiger partial charge is 0.348 e. The maximum absolute atomic E-state index is 13.2. The summed E-state index contributed by atoms with van der Waals surface area (Å²) in [7, 11) is -3.89. The van der Waals surface area contributed by atoms with Crippen LogP contribution in [0.4, 0.5) is 5.69 Å². The van der Waals surface area contributed by atoms with Gasteiger partial charge in [0.15, 0.2) is 0 Å². The zero-order chi connectivity index (χ0) is 25.1. The van der Waals surface area contributed by atoms with Crippen LogP contribution in [0.5, 0.6) is 0 Å². The predicted molar refractivity (Wildman–Crippen MR) is 139 cm³/mol. The molecular formula is C28H20N4O3S. The quantitative estimate of drug-likeness (QED) is 0.347. The molecule has 0 saturated heterocycles. The third kappa shape index (κ3) is 4.60. The lowest BCUT2D eigenvalue weighted by Crippen LogP contribution is -2.23. The molecule has 0 radical (unpaired) electrons. The third-order valence-electron chi connectivity index (χ3n) is 5.82. The average molecular weight is 493 g/mol. The SMILES string of the molecule is N#Cc1ccc(CNC(=O)c2cccc3cc(S(=O)(=O)Nc4cccc5cccnc45)ccc23)cc1. The molecule has 36 heavy (non-hydrogen) atoms. The number of nitrogens with one attached hydrogen (secondary N) is 2. The summed E-state index contributed by atoms with van der Waals surface area (Å²) in [6, 6.07) is 27.9. The van der Waals surface area contributed by atoms with Gasteiger partial charge in [0.2, 0.25) is 0 Å². The summed E-state index contributed by atoms with van der Waals surface area (Å²) >= 11 is 0. The molecule has 0 spiro atoms. The number of fused-ring (bicyclic) bond motifs is 2. The van der Waals surface area contributed by atoms with Crippen molar-refractivity contribution in [1.82, 2.24) is 10.3 Å². The van der Waals surface area contributed by atoms with Crippen LogP contribution in [-0.4, -0.2) is 19.3 Å². The van der Waals surface area contributed by atoms with Crippen LogP contribution in [-0.2, 0) is 16.6 Å². The molecule has 0 aliphatic heterocycles. The van der Waals surface area contributed by atoms with Crippen molar-refractivity contribution in [3.63, 3.8) is 0 Å². The number of aromatic nitrogens is 1. The van der Waals surface area contributed by atoms with E-state index in [1.165, 1.54) is 6.07 Å². The Morgan fingerprint density at radius 1 is 0.889 bits per heavy atom. The fourth-order valence-corrected chi connectivity index (χ4v) is 5.09. The Balaban J connectivity index is 1.40. The molecule has 7 nitrogen and oxygen atoms in total. The molecule has 0 aliphatic rings. The van der Waals surface area contributed by atoms with Gasteiger partial charge in [-0.3, -0.25) is 14.5 Å². The Labute approximate surface area is 208 Å². The number of carbonyl (C=O) groups excluding carboxylic acids is 1. The fourth-order valence-electron chi connectivity index (χ4n) is 3.99. The number of anilines is 1. The first-order chi connectivity index (χ1) is 17.4. The van der Waals surface area contributed by atoms with E-state index in [1.54, 1.807) is 79.0 Å². The molecule has 1 heterocycles. The summed E-state index contributed by atoms with van der Waals surface area (Å²) in [5.41, 5.74) is 2.81. The number of sulfonamides is 1. The minimum absolute atomic E-state index is 0.0816. The van der Waals surface area contributed by atoms with Crippen LogP contribution in [0.1, 0.15) is 21.5 Å². The van der Waals surface area contributed by atoms with E-state index in [1.807, 2.05) is 12.1 Å². The number of hydrogen-bond acceptors (Lipinski definition) is 5. The van der Waals surface area contributed by atoms with Gasteiger partial charge in [-0.1, -0.05) is 48.5 Å². The first-order valence-electron chi connectivity index (χ1n) is 11.1. The maximum atomic E-state index is 13.2. The van der Waals surface area contributed by atoms with Gasteiger partial charge in [0.25, 0.3) is 15.9 Å². The molecule has 1 aromatic heterocycles. The number of pyridine rings is 1. The number of carbonyl (C=O) groups is 1. The summed E-state index contributed by atoms with van der Waals surface area (Å²) in [5.74, 6) is -0.277. The lowest BCUT2D eigenvalue weighted by atomic mass is 10.0. The monoisotopic (exact) mass is 492 g/mol. The van der Waals surface area contributed by atoms with Crippen LogP contribution in [0.2, 0.25) is 0 Å². The van der Waals surface area contributed by atoms with Crippen molar-refractivity contribution in [3.05, 3.63) is 114 Å². The predicted octanol–water partition coefficient (Wildman–Crippen LogP) is 4.99. The molecule has 2 N–H and O–H groups in total. The third-order valence-corrected chi connectivity index (χ3v) is 7.18. The molecule has 8 heteroatoms. The van der Waals surface area contributed by atoms with E-state index >= 15 is 0 Å². The molecule has 176 valence electrons. The van der Waals surface area contributed by atoms with Crippen molar-refractivity contribution in [2.45, 2.75) is 11.4 Å². The maximum Gasteiger partial charge on any atom is 0.261 e. The number of rotatable bonds is 6. The molecule has 0 atom stereocenters. The molecule has 0 unspecified atom stereocenters. The van der Waals surface area contributed by atoms with Crippen LogP contribution in [0.15, 0.2) is 102 Å². The van der Waals surface area contributed by atoms with Crippen LogP contribution in [0, 0.1) is 11.3 Å². The summed E-state index contributed by atoms with van der Waals surface area (Å²) < 4.78 is 29.0. The van der Waals surface area contributed by atoms with Gasteiger partial charge in [0.05, 0.1) is 27.7 Å². The first kappa shape index (κ1) is 23.0. The minimum Gasteiger partial charge on any atom is -0.348 e. The Bertz CT molecular complexity index is 1750. The Morgan fingerprint density at radius 2 is 1.64 bits per heavy atom. The average Bonchev–Trinajstić information content (AvgIpc) is 2.91. The number of amides is 1. The lowest BCUT2D eigenvalue weighted by molar-refractivity contribution is 0.0952. The second-order valence-corrected chi connectivity index (χ2v) is 9.85. The van der Waals surface area contributed by atoms with Crippen molar-refractivity contribution in [1.29, 1.82) is 5.26 Å². The van der Waals surface area contributed by atoms with Crippen molar-refractivity contribution >= 4 is 43.3 Å². The molecule has 5 rings (SSSR count). The van der Waals surface area contributed by atoms with E-state index < -0.39 is 10.0 Å². The topological polar surface area (TPSA) is 112 Å². The van der Waals surface area contributed by atoms with E-state index in [0.29, 0.717) is 39.6 Å². The molecular weight excluding hydrogens is 472 g/mol. The highest BCUT2D eigenvalue weighted by Crippen LogP contribution is 2.27. The van der Waals surface area contributed by atoms with Gasteiger partial charge in [-0.15, -0.1) is 0 Å². The van der Waals surface area contributed by atoms with Crippen LogP contribution >= 0.6 is 0 Å². The van der Waals surface area contributed by atoms with E-state index in [-0.39, 0.29) is 10.8 Å². The van der Waals surface area contributed by atoms with Gasteiger partial charge in [0.1, 0.15) is 0 Å². The van der Waals surface area contributed by atoms with Crippen molar-refractivity contribution < 1.29 is 13.2 Å². The van der Waals surface area contributed by atoms with Gasteiger partial charge in [-0.2, -0.15) is 5.26 Å². The minimum atomic E-state index is -3.89. The lowest BCUT2D eigenvalue weighted by Gasteiger charge is -2.12. The highest BCUT2D eigenvalue weighted by molar-refractivity contribution is 7.92. The van der Waals surface area contributed by atoms with Crippen LogP contribution in [0.25, 0.3) is 21.7 Å². The van der Waals surface area contributed by atoms with Crippen LogP contribution in [0.3, 0.4) is 0 Å². The van der Waals surface area contributed by atoms with Gasteiger partial charge >= 0.3 is 0 Å². The number of hydrogen-bond donors (Lipinski definition) is 2. The summed E-state index contributed by atoms with van der Waals surface area (Å²) in [4.78, 5) is 17.3. The number of nitrogens with zero attached hydrogens (tertiary/aromatic N) is 2. The molecule has 0 aliphatic carbocycles. The first-order valence-corrected chi connectivity index (χ1v) is 12.6. The van der Waals surface area contributed by atoms with E-state index in [2.05, 4.69) is 21.1 Å². The summed E-state index contributed by atoms with van der Waals surface area (Å²) in [5, 5.41) is 13.9. The summed E-state index contributed by atoms with van der Waals surface area (Å²) in [6.45, 7) is 0.302. The normalized spacial score (nSPS) is 11.2. The van der Waals surface area contributed by atoms with Gasteiger partial charge in [0, 0.05) is 23.7 Å². The number of benzene rings is 4. The van der Waals surface area contributed by atoms with Crippen molar-refractivity contribution in [2.75, 3.05) is 4.72 Å². The molecule has 0 bridgehead atoms. The molecule has 0 fully saturated rings. The Morgan fingerprint density at radius 3 is 2.44 bits per heavy atom. The molecule has 4 aromatic carbocycles. The smallest absolute Gasteiger partial charge is 0.261 e. The fraction of sp³-hybridized carbons (Fsp3) is 0.0357. The number of para-hydroxylation sites is 1. The zero-order valence-electron chi connectivity index (χ0n) is 19.0. The van der Waals surface area contributed by atoms with E-state index in [4.69, 9.17) is 5.26 Å². The van der Waals surface area contributed by atoms with Crippen molar-refractivity contribution in [3.8, 4) is 6.07 Å². The van der Waals surface area contributed by atoms with Crippen molar-refractivity contribution in [2.24, 2.45) is 0 Å². The number of nitriles is 1. The highest BCUT2D eigenvalue weighted by Gasteiger charge is 2.18. The van der Waals surface area contributed by atoms with Gasteiger partial charge < -0.3 is 5.32 Å². The second kappa shape index (κ2) is 9.49. The highest BCUT2D eigenvalue weighted by atomic mass is 32.2. The van der Waals surface area contributed by atoms with Gasteiger partial charge in [-0.25, -0.2) is 8.42 Å². The van der Waals surface area contributed by atoms with E-state index in [0.717, 1.165) is 10.9 Å². The molecule has 0 saturated carbocycles. The zero-order valence-corrected chi connectivity index (χ0v) is 19.8. The molecule has 5 aromatic rings. The standard InChI is InChI=1S/C28H20N4O3S/c29-17-19-9-11-20(12-10-19)18-31-28(33)25-7-1-5-22-16-23(13-14-24(22)25)36(34,35)32-26-8-2-4-21-6-3-15-30-27(21)26/h1-16,32H,18H2,(H,31,33). The van der Waals surface area contributed by atoms with Crippen LogP contribution < -0.4 is 10.0 Å². The second-order valence-electron chi connectivity index (χ2n) is 8.17. The Hall–Kier alpha value is -4.74. The van der Waals surface area contributed by atoms with Gasteiger partial charge in [-0.05, 0) is 58.8 Å².